The molecule has 0 aliphatic heterocycles. The molecule has 2 aromatic rings. The van der Waals surface area contributed by atoms with E-state index in [0.29, 0.717) is 18.0 Å². The summed E-state index contributed by atoms with van der Waals surface area (Å²) in [6.07, 6.45) is 2.34. The number of aliphatic hydroxyl groups excluding tert-OH is 1. The van der Waals surface area contributed by atoms with Gasteiger partial charge in [0, 0.05) is 5.69 Å². The first-order valence-electron chi connectivity index (χ1n) is 5.23. The van der Waals surface area contributed by atoms with Crippen LogP contribution in [-0.4, -0.2) is 32.6 Å². The summed E-state index contributed by atoms with van der Waals surface area (Å²) >= 11 is 0. The zero-order valence-electron chi connectivity index (χ0n) is 9.23. The molecule has 0 saturated carbocycles. The molecule has 2 rings (SSSR count). The molecule has 0 bridgehead atoms. The summed E-state index contributed by atoms with van der Waals surface area (Å²) in [7, 11) is 0. The summed E-state index contributed by atoms with van der Waals surface area (Å²) in [5, 5.41) is 13.6. The predicted molar refractivity (Wildman–Crippen MR) is 62.4 cm³/mol. The van der Waals surface area contributed by atoms with Crippen LogP contribution in [0.4, 0.5) is 5.69 Å². The number of rotatable bonds is 5. The van der Waals surface area contributed by atoms with E-state index in [1.165, 1.54) is 6.33 Å². The second-order valence-corrected chi connectivity index (χ2v) is 3.65. The quantitative estimate of drug-likeness (QED) is 0.727. The topological polar surface area (TPSA) is 86.2 Å². The number of ether oxygens (including phenoxy) is 1. The molecule has 0 aliphatic rings. The molecular formula is C11H14N4O2. The van der Waals surface area contributed by atoms with Gasteiger partial charge in [0.15, 0.2) is 0 Å². The molecule has 1 heterocycles. The Hall–Kier alpha value is -2.08. The van der Waals surface area contributed by atoms with Crippen molar-refractivity contribution in [2.75, 3.05) is 12.3 Å². The van der Waals surface area contributed by atoms with E-state index in [9.17, 15) is 5.11 Å². The second kappa shape index (κ2) is 5.31. The van der Waals surface area contributed by atoms with Crippen molar-refractivity contribution in [3.05, 3.63) is 36.9 Å². The highest BCUT2D eigenvalue weighted by atomic mass is 16.5. The molecule has 1 unspecified atom stereocenters. The van der Waals surface area contributed by atoms with Crippen LogP contribution in [0.15, 0.2) is 36.9 Å². The molecule has 90 valence electrons. The molecule has 6 heteroatoms. The molecule has 0 spiro atoms. The van der Waals surface area contributed by atoms with Gasteiger partial charge in [0.1, 0.15) is 31.1 Å². The lowest BCUT2D eigenvalue weighted by molar-refractivity contribution is 0.0892. The average Bonchev–Trinajstić information content (AvgIpc) is 2.81. The van der Waals surface area contributed by atoms with Gasteiger partial charge in [0.25, 0.3) is 0 Å². The number of hydrogen-bond acceptors (Lipinski definition) is 5. The van der Waals surface area contributed by atoms with E-state index < -0.39 is 6.10 Å². The molecule has 0 saturated heterocycles. The van der Waals surface area contributed by atoms with Crippen molar-refractivity contribution in [1.29, 1.82) is 0 Å². The maximum Gasteiger partial charge on any atom is 0.137 e. The fourth-order valence-electron chi connectivity index (χ4n) is 1.35. The third-order valence-electron chi connectivity index (χ3n) is 2.19. The summed E-state index contributed by atoms with van der Waals surface area (Å²) in [4.78, 5) is 3.79. The maximum atomic E-state index is 9.70. The van der Waals surface area contributed by atoms with E-state index in [4.69, 9.17) is 10.5 Å². The molecule has 0 fully saturated rings. The largest absolute Gasteiger partial charge is 0.491 e. The first kappa shape index (κ1) is 11.4. The van der Waals surface area contributed by atoms with Crippen molar-refractivity contribution in [3.8, 4) is 5.75 Å². The monoisotopic (exact) mass is 234 g/mol. The van der Waals surface area contributed by atoms with E-state index in [1.807, 2.05) is 0 Å². The standard InChI is InChI=1S/C11H14N4O2/c12-9-1-3-11(4-2-9)17-6-10(16)5-15-8-13-7-14-15/h1-4,7-8,10,16H,5-6,12H2. The number of hydrogen-bond donors (Lipinski definition) is 2. The molecular weight excluding hydrogens is 220 g/mol. The molecule has 0 amide bonds. The second-order valence-electron chi connectivity index (χ2n) is 3.65. The van der Waals surface area contributed by atoms with Crippen LogP contribution in [0.25, 0.3) is 0 Å². The number of aliphatic hydroxyl groups is 1. The van der Waals surface area contributed by atoms with Crippen LogP contribution >= 0.6 is 0 Å². The first-order chi connectivity index (χ1) is 8.24. The van der Waals surface area contributed by atoms with Gasteiger partial charge in [-0.3, -0.25) is 4.68 Å². The maximum absolute atomic E-state index is 9.70. The zero-order chi connectivity index (χ0) is 12.1. The average molecular weight is 234 g/mol. The first-order valence-corrected chi connectivity index (χ1v) is 5.23. The number of nitrogens with zero attached hydrogens (tertiary/aromatic N) is 3. The normalized spacial score (nSPS) is 12.3. The van der Waals surface area contributed by atoms with Gasteiger partial charge in [-0.1, -0.05) is 0 Å². The van der Waals surface area contributed by atoms with Crippen LogP contribution in [0, 0.1) is 0 Å². The Morgan fingerprint density at radius 2 is 2.12 bits per heavy atom. The third kappa shape index (κ3) is 3.46. The van der Waals surface area contributed by atoms with E-state index in [2.05, 4.69) is 10.1 Å². The van der Waals surface area contributed by atoms with Crippen LogP contribution in [0.5, 0.6) is 5.75 Å². The van der Waals surface area contributed by atoms with Crippen molar-refractivity contribution in [2.45, 2.75) is 12.6 Å². The van der Waals surface area contributed by atoms with E-state index in [1.54, 1.807) is 35.3 Å². The summed E-state index contributed by atoms with van der Waals surface area (Å²) < 4.78 is 6.96. The smallest absolute Gasteiger partial charge is 0.137 e. The highest BCUT2D eigenvalue weighted by Crippen LogP contribution is 2.13. The summed E-state index contributed by atoms with van der Waals surface area (Å²) in [6, 6.07) is 7.02. The lowest BCUT2D eigenvalue weighted by Crippen LogP contribution is -2.23. The van der Waals surface area contributed by atoms with Crippen LogP contribution in [0.1, 0.15) is 0 Å². The molecule has 1 atom stereocenters. The number of anilines is 1. The summed E-state index contributed by atoms with van der Waals surface area (Å²) in [6.45, 7) is 0.554. The predicted octanol–water partition coefficient (Wildman–Crippen LogP) is 0.300. The van der Waals surface area contributed by atoms with E-state index in [0.717, 1.165) is 0 Å². The number of benzene rings is 1. The van der Waals surface area contributed by atoms with Crippen LogP contribution in [0.2, 0.25) is 0 Å². The Balaban J connectivity index is 1.79. The highest BCUT2D eigenvalue weighted by molar-refractivity contribution is 5.41. The van der Waals surface area contributed by atoms with Gasteiger partial charge in [-0.2, -0.15) is 5.10 Å². The zero-order valence-corrected chi connectivity index (χ0v) is 9.23. The number of nitrogen functional groups attached to an aromatic ring is 1. The molecule has 1 aromatic heterocycles. The Morgan fingerprint density at radius 1 is 1.35 bits per heavy atom. The minimum atomic E-state index is -0.630. The molecule has 3 N–H and O–H groups in total. The Kier molecular flexibility index (Phi) is 3.56. The molecule has 17 heavy (non-hydrogen) atoms. The van der Waals surface area contributed by atoms with Crippen LogP contribution < -0.4 is 10.5 Å². The molecule has 0 radical (unpaired) electrons. The lowest BCUT2D eigenvalue weighted by Gasteiger charge is -2.12. The number of nitrogens with two attached hydrogens (primary N) is 1. The van der Waals surface area contributed by atoms with Gasteiger partial charge < -0.3 is 15.6 Å². The molecule has 1 aromatic carbocycles. The van der Waals surface area contributed by atoms with Gasteiger partial charge >= 0.3 is 0 Å². The molecule has 6 nitrogen and oxygen atoms in total. The third-order valence-corrected chi connectivity index (χ3v) is 2.19. The Bertz CT molecular complexity index is 441. The van der Waals surface area contributed by atoms with Gasteiger partial charge in [-0.25, -0.2) is 4.98 Å². The van der Waals surface area contributed by atoms with E-state index in [-0.39, 0.29) is 6.61 Å². The molecule has 0 aliphatic carbocycles. The van der Waals surface area contributed by atoms with Crippen molar-refractivity contribution >= 4 is 5.69 Å². The number of aromatic nitrogens is 3. The van der Waals surface area contributed by atoms with Crippen molar-refractivity contribution in [3.63, 3.8) is 0 Å². The van der Waals surface area contributed by atoms with Crippen LogP contribution in [-0.2, 0) is 6.54 Å². The van der Waals surface area contributed by atoms with Crippen molar-refractivity contribution in [2.24, 2.45) is 0 Å². The Morgan fingerprint density at radius 3 is 2.76 bits per heavy atom. The van der Waals surface area contributed by atoms with Crippen molar-refractivity contribution < 1.29 is 9.84 Å². The van der Waals surface area contributed by atoms with E-state index >= 15 is 0 Å². The van der Waals surface area contributed by atoms with Crippen molar-refractivity contribution in [1.82, 2.24) is 14.8 Å². The lowest BCUT2D eigenvalue weighted by atomic mass is 10.3. The van der Waals surface area contributed by atoms with Gasteiger partial charge in [-0.15, -0.1) is 0 Å². The summed E-state index contributed by atoms with van der Waals surface area (Å²) in [5.41, 5.74) is 6.23. The minimum Gasteiger partial charge on any atom is -0.491 e. The fourth-order valence-corrected chi connectivity index (χ4v) is 1.35. The fraction of sp³-hybridized carbons (Fsp3) is 0.273. The Labute approximate surface area is 98.7 Å². The van der Waals surface area contributed by atoms with Crippen LogP contribution in [0.3, 0.4) is 0 Å². The van der Waals surface area contributed by atoms with Gasteiger partial charge in [0.05, 0.1) is 6.54 Å². The SMILES string of the molecule is Nc1ccc(OCC(O)Cn2cncn2)cc1. The highest BCUT2D eigenvalue weighted by Gasteiger charge is 2.06. The minimum absolute atomic E-state index is 0.198. The summed E-state index contributed by atoms with van der Waals surface area (Å²) in [5.74, 6) is 0.678. The van der Waals surface area contributed by atoms with Gasteiger partial charge in [-0.05, 0) is 24.3 Å². The van der Waals surface area contributed by atoms with Gasteiger partial charge in [0.2, 0.25) is 0 Å².